The molecule has 0 unspecified atom stereocenters. The monoisotopic (exact) mass is 326 g/mol. The number of benzene rings is 1. The molecule has 1 saturated heterocycles. The number of sulfonamides is 1. The molecule has 1 aromatic rings. The fourth-order valence-corrected chi connectivity index (χ4v) is 3.76. The van der Waals surface area contributed by atoms with Crippen LogP contribution in [0.2, 0.25) is 0 Å². The zero-order chi connectivity index (χ0) is 15.8. The average Bonchev–Trinajstić information content (AvgIpc) is 2.55. The minimum atomic E-state index is -3.41. The molecule has 5 nitrogen and oxygen atoms in total. The van der Waals surface area contributed by atoms with Gasteiger partial charge in [-0.3, -0.25) is 0 Å². The molecule has 0 spiro atoms. The highest BCUT2D eigenvalue weighted by Crippen LogP contribution is 2.15. The summed E-state index contributed by atoms with van der Waals surface area (Å²) in [6, 6.07) is 6.44. The molecule has 1 fully saturated rings. The number of rotatable bonds is 8. The normalized spacial score (nSPS) is 16.6. The summed E-state index contributed by atoms with van der Waals surface area (Å²) in [5, 5.41) is 0. The smallest absolute Gasteiger partial charge is 0.240 e. The van der Waals surface area contributed by atoms with Crippen molar-refractivity contribution in [1.82, 2.24) is 9.62 Å². The quantitative estimate of drug-likeness (QED) is 0.744. The van der Waals surface area contributed by atoms with Crippen LogP contribution < -0.4 is 9.46 Å². The second-order valence-corrected chi connectivity index (χ2v) is 7.45. The molecule has 0 bridgehead atoms. The van der Waals surface area contributed by atoms with Gasteiger partial charge >= 0.3 is 0 Å². The number of hydrogen-bond acceptors (Lipinski definition) is 4. The highest BCUT2D eigenvalue weighted by Gasteiger charge is 2.13. The van der Waals surface area contributed by atoms with E-state index in [1.165, 1.54) is 32.4 Å². The SMILES string of the molecule is COc1ccc(S(=O)(=O)NCCCCN2CCCCC2)cc1. The van der Waals surface area contributed by atoms with E-state index < -0.39 is 10.0 Å². The van der Waals surface area contributed by atoms with Crippen molar-refractivity contribution in [3.8, 4) is 5.75 Å². The molecule has 0 aromatic heterocycles. The number of hydrogen-bond donors (Lipinski definition) is 1. The Kier molecular flexibility index (Phi) is 6.67. The summed E-state index contributed by atoms with van der Waals surface area (Å²) in [7, 11) is -1.85. The lowest BCUT2D eigenvalue weighted by Gasteiger charge is -2.26. The molecule has 124 valence electrons. The topological polar surface area (TPSA) is 58.6 Å². The van der Waals surface area contributed by atoms with Crippen molar-refractivity contribution >= 4 is 10.0 Å². The van der Waals surface area contributed by atoms with Crippen molar-refractivity contribution in [2.24, 2.45) is 0 Å². The maximum absolute atomic E-state index is 12.1. The number of ether oxygens (including phenoxy) is 1. The van der Waals surface area contributed by atoms with Crippen LogP contribution in [-0.2, 0) is 10.0 Å². The van der Waals surface area contributed by atoms with Crippen LogP contribution in [0, 0.1) is 0 Å². The van der Waals surface area contributed by atoms with Gasteiger partial charge in [0, 0.05) is 6.54 Å². The Bertz CT molecular complexity index is 537. The molecule has 1 aromatic carbocycles. The number of nitrogens with zero attached hydrogens (tertiary/aromatic N) is 1. The third-order valence-electron chi connectivity index (χ3n) is 4.01. The Morgan fingerprint density at radius 3 is 2.41 bits per heavy atom. The van der Waals surface area contributed by atoms with Gasteiger partial charge in [-0.1, -0.05) is 6.42 Å². The van der Waals surface area contributed by atoms with Crippen molar-refractivity contribution in [3.05, 3.63) is 24.3 Å². The molecule has 1 heterocycles. The third-order valence-corrected chi connectivity index (χ3v) is 5.49. The predicted octanol–water partition coefficient (Wildman–Crippen LogP) is 2.24. The van der Waals surface area contributed by atoms with E-state index in [1.807, 2.05) is 0 Å². The van der Waals surface area contributed by atoms with Gasteiger partial charge in [0.15, 0.2) is 0 Å². The van der Waals surface area contributed by atoms with Crippen molar-refractivity contribution < 1.29 is 13.2 Å². The second-order valence-electron chi connectivity index (χ2n) is 5.68. The van der Waals surface area contributed by atoms with Crippen LogP contribution in [0.15, 0.2) is 29.2 Å². The van der Waals surface area contributed by atoms with E-state index in [0.717, 1.165) is 19.4 Å². The van der Waals surface area contributed by atoms with Crippen LogP contribution in [0.5, 0.6) is 5.75 Å². The predicted molar refractivity (Wildman–Crippen MR) is 87.7 cm³/mol. The van der Waals surface area contributed by atoms with E-state index in [1.54, 1.807) is 31.4 Å². The Morgan fingerprint density at radius 1 is 1.09 bits per heavy atom. The van der Waals surface area contributed by atoms with E-state index in [2.05, 4.69) is 9.62 Å². The largest absolute Gasteiger partial charge is 0.497 e. The Hall–Kier alpha value is -1.11. The molecule has 1 N–H and O–H groups in total. The Balaban J connectivity index is 1.70. The Labute approximate surface area is 133 Å². The molecule has 0 radical (unpaired) electrons. The fourth-order valence-electron chi connectivity index (χ4n) is 2.69. The van der Waals surface area contributed by atoms with E-state index in [-0.39, 0.29) is 4.90 Å². The summed E-state index contributed by atoms with van der Waals surface area (Å²) < 4.78 is 32.0. The zero-order valence-corrected chi connectivity index (χ0v) is 14.1. The number of piperidine rings is 1. The van der Waals surface area contributed by atoms with E-state index in [4.69, 9.17) is 4.74 Å². The van der Waals surface area contributed by atoms with Crippen LogP contribution in [0.3, 0.4) is 0 Å². The molecule has 6 heteroatoms. The molecule has 0 atom stereocenters. The first kappa shape index (κ1) is 17.2. The minimum absolute atomic E-state index is 0.282. The van der Waals surface area contributed by atoms with Gasteiger partial charge in [-0.05, 0) is 69.6 Å². The standard InChI is InChI=1S/C16H26N2O3S/c1-21-15-7-9-16(10-8-15)22(19,20)17-11-3-6-14-18-12-4-2-5-13-18/h7-10,17H,2-6,11-14H2,1H3. The summed E-state index contributed by atoms with van der Waals surface area (Å²) in [5.41, 5.74) is 0. The average molecular weight is 326 g/mol. The third kappa shape index (κ3) is 5.26. The van der Waals surface area contributed by atoms with Crippen molar-refractivity contribution in [2.45, 2.75) is 37.0 Å². The van der Waals surface area contributed by atoms with E-state index >= 15 is 0 Å². The molecule has 0 saturated carbocycles. The van der Waals surface area contributed by atoms with Gasteiger partial charge in [0.25, 0.3) is 0 Å². The summed E-state index contributed by atoms with van der Waals surface area (Å²) in [5.74, 6) is 0.653. The van der Waals surface area contributed by atoms with Crippen molar-refractivity contribution in [3.63, 3.8) is 0 Å². The highest BCUT2D eigenvalue weighted by molar-refractivity contribution is 7.89. The number of methoxy groups -OCH3 is 1. The molecule has 1 aliphatic rings. The van der Waals surface area contributed by atoms with Gasteiger partial charge in [-0.2, -0.15) is 0 Å². The summed E-state index contributed by atoms with van der Waals surface area (Å²) in [6.07, 6.45) is 5.84. The first-order chi connectivity index (χ1) is 10.6. The van der Waals surface area contributed by atoms with Gasteiger partial charge in [0.2, 0.25) is 10.0 Å². The molecule has 1 aliphatic heterocycles. The van der Waals surface area contributed by atoms with E-state index in [9.17, 15) is 8.42 Å². The highest BCUT2D eigenvalue weighted by atomic mass is 32.2. The van der Waals surface area contributed by atoms with Crippen LogP contribution in [0.25, 0.3) is 0 Å². The van der Waals surface area contributed by atoms with Crippen LogP contribution >= 0.6 is 0 Å². The first-order valence-electron chi connectivity index (χ1n) is 7.98. The molecule has 0 aliphatic carbocycles. The van der Waals surface area contributed by atoms with Gasteiger partial charge in [0.05, 0.1) is 12.0 Å². The second kappa shape index (κ2) is 8.50. The van der Waals surface area contributed by atoms with Gasteiger partial charge < -0.3 is 9.64 Å². The lowest BCUT2D eigenvalue weighted by molar-refractivity contribution is 0.225. The summed E-state index contributed by atoms with van der Waals surface area (Å²) in [6.45, 7) is 3.95. The number of likely N-dealkylation sites (tertiary alicyclic amines) is 1. The summed E-state index contributed by atoms with van der Waals surface area (Å²) >= 11 is 0. The van der Waals surface area contributed by atoms with Crippen molar-refractivity contribution in [2.75, 3.05) is 33.3 Å². The molecule has 22 heavy (non-hydrogen) atoms. The number of nitrogens with one attached hydrogen (secondary N) is 1. The van der Waals surface area contributed by atoms with Crippen LogP contribution in [0.1, 0.15) is 32.1 Å². The maximum Gasteiger partial charge on any atom is 0.240 e. The first-order valence-corrected chi connectivity index (χ1v) is 9.46. The van der Waals surface area contributed by atoms with E-state index in [0.29, 0.717) is 12.3 Å². The Morgan fingerprint density at radius 2 is 1.77 bits per heavy atom. The summed E-state index contributed by atoms with van der Waals surface area (Å²) in [4.78, 5) is 2.76. The lowest BCUT2D eigenvalue weighted by atomic mass is 10.1. The molecule has 0 amide bonds. The van der Waals surface area contributed by atoms with Gasteiger partial charge in [-0.15, -0.1) is 0 Å². The van der Waals surface area contributed by atoms with Gasteiger partial charge in [0.1, 0.15) is 5.75 Å². The molecular weight excluding hydrogens is 300 g/mol. The van der Waals surface area contributed by atoms with Crippen molar-refractivity contribution in [1.29, 1.82) is 0 Å². The lowest BCUT2D eigenvalue weighted by Crippen LogP contribution is -2.31. The minimum Gasteiger partial charge on any atom is -0.497 e. The van der Waals surface area contributed by atoms with Crippen LogP contribution in [-0.4, -0.2) is 46.6 Å². The van der Waals surface area contributed by atoms with Crippen LogP contribution in [0.4, 0.5) is 0 Å². The zero-order valence-electron chi connectivity index (χ0n) is 13.3. The molecular formula is C16H26N2O3S. The van der Waals surface area contributed by atoms with Gasteiger partial charge in [-0.25, -0.2) is 13.1 Å². The fraction of sp³-hybridized carbons (Fsp3) is 0.625. The maximum atomic E-state index is 12.1. The molecule has 2 rings (SSSR count). The number of unbranched alkanes of at least 4 members (excludes halogenated alkanes) is 1.